The molecule has 1 aromatic carbocycles. The Balaban J connectivity index is 2.04. The van der Waals surface area contributed by atoms with E-state index in [0.29, 0.717) is 25.1 Å². The highest BCUT2D eigenvalue weighted by atomic mass is 19.1. The Kier molecular flexibility index (Phi) is 6.09. The van der Waals surface area contributed by atoms with Crippen LogP contribution in [0.15, 0.2) is 35.9 Å². The van der Waals surface area contributed by atoms with Gasteiger partial charge in [-0.3, -0.25) is 14.5 Å². The summed E-state index contributed by atoms with van der Waals surface area (Å²) >= 11 is 0. The Morgan fingerprint density at radius 3 is 2.62 bits per heavy atom. The number of ether oxygens (including phenoxy) is 1. The first-order valence-electron chi connectivity index (χ1n) is 7.94. The highest BCUT2D eigenvalue weighted by molar-refractivity contribution is 5.94. The van der Waals surface area contributed by atoms with Crippen molar-refractivity contribution in [2.75, 3.05) is 20.2 Å². The first kappa shape index (κ1) is 18.1. The number of carbonyl (C=O) groups is 2. The van der Waals surface area contributed by atoms with Crippen molar-refractivity contribution in [1.82, 2.24) is 10.2 Å². The first-order valence-corrected chi connectivity index (χ1v) is 7.94. The molecule has 0 unspecified atom stereocenters. The van der Waals surface area contributed by atoms with Crippen molar-refractivity contribution in [2.45, 2.75) is 32.4 Å². The molecule has 2 atom stereocenters. The fourth-order valence-corrected chi connectivity index (χ4v) is 2.85. The van der Waals surface area contributed by atoms with Crippen molar-refractivity contribution in [3.05, 3.63) is 47.3 Å². The molecule has 0 saturated carbocycles. The number of amides is 1. The molecule has 2 rings (SSSR count). The molecular weight excluding hydrogens is 311 g/mol. The lowest BCUT2D eigenvalue weighted by atomic mass is 10.1. The van der Waals surface area contributed by atoms with E-state index in [1.165, 1.54) is 31.4 Å². The van der Waals surface area contributed by atoms with Crippen molar-refractivity contribution in [1.29, 1.82) is 0 Å². The highest BCUT2D eigenvalue weighted by Gasteiger charge is 2.38. The number of likely N-dealkylation sites (tertiary alicyclic amines) is 1. The summed E-state index contributed by atoms with van der Waals surface area (Å²) in [5.74, 6) is -0.947. The number of carbonyl (C=O) groups excluding carboxylic acids is 2. The van der Waals surface area contributed by atoms with Gasteiger partial charge in [0.15, 0.2) is 0 Å². The third-order valence-electron chi connectivity index (χ3n) is 4.26. The smallest absolute Gasteiger partial charge is 0.323 e. The molecular formula is C18H23FN2O3. The van der Waals surface area contributed by atoms with E-state index in [0.717, 1.165) is 5.57 Å². The van der Waals surface area contributed by atoms with E-state index in [-0.39, 0.29) is 29.8 Å². The summed E-state index contributed by atoms with van der Waals surface area (Å²) in [6.45, 7) is 5.17. The molecule has 1 fully saturated rings. The van der Waals surface area contributed by atoms with Crippen LogP contribution in [0, 0.1) is 5.82 Å². The Morgan fingerprint density at radius 1 is 1.38 bits per heavy atom. The lowest BCUT2D eigenvalue weighted by molar-refractivity contribution is -0.145. The lowest BCUT2D eigenvalue weighted by Crippen LogP contribution is -2.38. The molecule has 1 saturated heterocycles. The van der Waals surface area contributed by atoms with Gasteiger partial charge >= 0.3 is 5.97 Å². The summed E-state index contributed by atoms with van der Waals surface area (Å²) in [5.41, 5.74) is 1.54. The average molecular weight is 334 g/mol. The van der Waals surface area contributed by atoms with Crippen molar-refractivity contribution in [3.8, 4) is 0 Å². The van der Waals surface area contributed by atoms with Crippen LogP contribution in [0.5, 0.6) is 0 Å². The topological polar surface area (TPSA) is 58.6 Å². The number of hydrogen-bond acceptors (Lipinski definition) is 4. The number of allylic oxidation sites excluding steroid dienone is 1. The van der Waals surface area contributed by atoms with Crippen LogP contribution in [-0.4, -0.2) is 49.1 Å². The molecule has 1 amide bonds. The van der Waals surface area contributed by atoms with E-state index < -0.39 is 0 Å². The van der Waals surface area contributed by atoms with Gasteiger partial charge in [0.1, 0.15) is 11.9 Å². The van der Waals surface area contributed by atoms with Crippen LogP contribution in [-0.2, 0) is 9.53 Å². The van der Waals surface area contributed by atoms with Crippen LogP contribution in [0.3, 0.4) is 0 Å². The van der Waals surface area contributed by atoms with Gasteiger partial charge in [-0.15, -0.1) is 0 Å². The van der Waals surface area contributed by atoms with Gasteiger partial charge in [-0.25, -0.2) is 4.39 Å². The van der Waals surface area contributed by atoms with Gasteiger partial charge in [-0.1, -0.05) is 11.6 Å². The maximum atomic E-state index is 12.9. The standard InChI is InChI=1S/C18H23FN2O3/c1-4-12(2)10-21-11-15(9-16(21)18(23)24-3)20-17(22)13-5-7-14(19)8-6-13/h4-8,15-16H,9-11H2,1-3H3,(H,20,22)/b12-4+/t15-,16+/m1/s1. The van der Waals surface area contributed by atoms with Crippen LogP contribution in [0.2, 0.25) is 0 Å². The molecule has 5 nitrogen and oxygen atoms in total. The van der Waals surface area contributed by atoms with Crippen LogP contribution < -0.4 is 5.32 Å². The number of hydrogen-bond donors (Lipinski definition) is 1. The van der Waals surface area contributed by atoms with Gasteiger partial charge in [-0.05, 0) is 44.5 Å². The summed E-state index contributed by atoms with van der Waals surface area (Å²) in [4.78, 5) is 26.3. The van der Waals surface area contributed by atoms with Crippen LogP contribution in [0.4, 0.5) is 4.39 Å². The molecule has 24 heavy (non-hydrogen) atoms. The Hall–Kier alpha value is -2.21. The Labute approximate surface area is 141 Å². The molecule has 1 aliphatic heterocycles. The minimum atomic E-state index is -0.383. The first-order chi connectivity index (χ1) is 11.4. The molecule has 6 heteroatoms. The van der Waals surface area contributed by atoms with Crippen LogP contribution in [0.25, 0.3) is 0 Å². The number of esters is 1. The molecule has 1 N–H and O–H groups in total. The second-order valence-corrected chi connectivity index (χ2v) is 6.02. The van der Waals surface area contributed by atoms with Crippen molar-refractivity contribution in [3.63, 3.8) is 0 Å². The fourth-order valence-electron chi connectivity index (χ4n) is 2.85. The number of rotatable bonds is 5. The molecule has 0 bridgehead atoms. The van der Waals surface area contributed by atoms with Gasteiger partial charge in [0.25, 0.3) is 5.91 Å². The molecule has 130 valence electrons. The second-order valence-electron chi connectivity index (χ2n) is 6.02. The van der Waals surface area contributed by atoms with E-state index in [2.05, 4.69) is 5.32 Å². The molecule has 0 spiro atoms. The largest absolute Gasteiger partial charge is 0.468 e. The van der Waals surface area contributed by atoms with Gasteiger partial charge in [0, 0.05) is 24.7 Å². The van der Waals surface area contributed by atoms with Gasteiger partial charge in [0.2, 0.25) is 0 Å². The zero-order chi connectivity index (χ0) is 17.7. The van der Waals surface area contributed by atoms with Crippen molar-refractivity contribution >= 4 is 11.9 Å². The number of halogens is 1. The molecule has 0 radical (unpaired) electrons. The molecule has 1 aliphatic rings. The van der Waals surface area contributed by atoms with Gasteiger partial charge < -0.3 is 10.1 Å². The van der Waals surface area contributed by atoms with E-state index in [4.69, 9.17) is 4.74 Å². The van der Waals surface area contributed by atoms with Crippen molar-refractivity contribution < 1.29 is 18.7 Å². The summed E-state index contributed by atoms with van der Waals surface area (Å²) in [6, 6.07) is 4.86. The Bertz CT molecular complexity index is 628. The minimum absolute atomic E-state index is 0.156. The number of methoxy groups -OCH3 is 1. The summed E-state index contributed by atoms with van der Waals surface area (Å²) in [7, 11) is 1.37. The van der Waals surface area contributed by atoms with Crippen LogP contribution in [0.1, 0.15) is 30.6 Å². The third-order valence-corrected chi connectivity index (χ3v) is 4.26. The van der Waals surface area contributed by atoms with E-state index >= 15 is 0 Å². The summed E-state index contributed by atoms with van der Waals surface area (Å²) in [6.07, 6.45) is 2.50. The number of nitrogens with one attached hydrogen (secondary N) is 1. The van der Waals surface area contributed by atoms with E-state index in [1.54, 1.807) is 0 Å². The van der Waals surface area contributed by atoms with Gasteiger partial charge in [0.05, 0.1) is 7.11 Å². The minimum Gasteiger partial charge on any atom is -0.468 e. The van der Waals surface area contributed by atoms with Gasteiger partial charge in [-0.2, -0.15) is 0 Å². The zero-order valence-corrected chi connectivity index (χ0v) is 14.2. The highest BCUT2D eigenvalue weighted by Crippen LogP contribution is 2.21. The zero-order valence-electron chi connectivity index (χ0n) is 14.2. The average Bonchev–Trinajstić information content (AvgIpc) is 2.96. The predicted octanol–water partition coefficient (Wildman–Crippen LogP) is 2.14. The number of nitrogens with zero attached hydrogens (tertiary/aromatic N) is 1. The normalized spacial score (nSPS) is 21.6. The van der Waals surface area contributed by atoms with E-state index in [9.17, 15) is 14.0 Å². The fraction of sp³-hybridized carbons (Fsp3) is 0.444. The summed E-state index contributed by atoms with van der Waals surface area (Å²) < 4.78 is 17.8. The van der Waals surface area contributed by atoms with Crippen molar-refractivity contribution in [2.24, 2.45) is 0 Å². The second kappa shape index (κ2) is 8.06. The van der Waals surface area contributed by atoms with E-state index in [1.807, 2.05) is 24.8 Å². The summed E-state index contributed by atoms with van der Waals surface area (Å²) in [5, 5.41) is 2.91. The maximum absolute atomic E-state index is 12.9. The monoisotopic (exact) mass is 334 g/mol. The Morgan fingerprint density at radius 2 is 2.04 bits per heavy atom. The molecule has 1 aromatic rings. The predicted molar refractivity (Wildman–Crippen MR) is 89.1 cm³/mol. The molecule has 0 aromatic heterocycles. The maximum Gasteiger partial charge on any atom is 0.323 e. The molecule has 0 aliphatic carbocycles. The quantitative estimate of drug-likeness (QED) is 0.662. The number of benzene rings is 1. The third kappa shape index (κ3) is 4.41. The van der Waals surface area contributed by atoms with Crippen LogP contribution >= 0.6 is 0 Å². The lowest BCUT2D eigenvalue weighted by Gasteiger charge is -2.22. The SMILES string of the molecule is C/C=C(\C)CN1C[C@H](NC(=O)c2ccc(F)cc2)C[C@H]1C(=O)OC. The molecule has 1 heterocycles.